The maximum atomic E-state index is 5.72. The molecule has 0 saturated heterocycles. The first kappa shape index (κ1) is 9.86. The van der Waals surface area contributed by atoms with Gasteiger partial charge in [0.25, 0.3) is 0 Å². The molecule has 4 nitrogen and oxygen atoms in total. The van der Waals surface area contributed by atoms with Crippen LogP contribution in [0.25, 0.3) is 11.3 Å². The first-order valence-corrected chi connectivity index (χ1v) is 4.86. The smallest absolute Gasteiger partial charge is 0.106 e. The van der Waals surface area contributed by atoms with Crippen molar-refractivity contribution in [3.8, 4) is 11.3 Å². The van der Waals surface area contributed by atoms with Crippen molar-refractivity contribution in [2.24, 2.45) is 12.8 Å². The second-order valence-corrected chi connectivity index (χ2v) is 3.46. The van der Waals surface area contributed by atoms with Crippen molar-refractivity contribution in [2.45, 2.75) is 13.5 Å². The highest BCUT2D eigenvalue weighted by Gasteiger charge is 2.12. The van der Waals surface area contributed by atoms with Crippen molar-refractivity contribution in [3.05, 3.63) is 36.0 Å². The average molecular weight is 202 g/mol. The van der Waals surface area contributed by atoms with Crippen LogP contribution in [0.5, 0.6) is 0 Å². The lowest BCUT2D eigenvalue weighted by Crippen LogP contribution is -2.05. The van der Waals surface area contributed by atoms with E-state index in [2.05, 4.69) is 9.97 Å². The molecule has 4 heteroatoms. The third-order valence-electron chi connectivity index (χ3n) is 2.57. The van der Waals surface area contributed by atoms with Gasteiger partial charge in [0.05, 0.1) is 11.4 Å². The first-order valence-electron chi connectivity index (χ1n) is 4.86. The molecule has 0 unspecified atom stereocenters. The maximum absolute atomic E-state index is 5.72. The molecule has 78 valence electrons. The number of hydrogen-bond donors (Lipinski definition) is 1. The Morgan fingerprint density at radius 2 is 2.27 bits per heavy atom. The van der Waals surface area contributed by atoms with Crippen LogP contribution in [0.3, 0.4) is 0 Å². The maximum Gasteiger partial charge on any atom is 0.106 e. The highest BCUT2D eigenvalue weighted by atomic mass is 15.1. The molecule has 2 aromatic rings. The van der Waals surface area contributed by atoms with Crippen LogP contribution in [0.1, 0.15) is 11.5 Å². The van der Waals surface area contributed by atoms with Crippen LogP contribution in [0, 0.1) is 6.92 Å². The topological polar surface area (TPSA) is 56.7 Å². The van der Waals surface area contributed by atoms with Crippen LogP contribution in [-0.2, 0) is 13.6 Å². The SMILES string of the molecule is Cc1nc(-c2cccnc2)c(CN)n1C. The zero-order chi connectivity index (χ0) is 10.8. The van der Waals surface area contributed by atoms with Crippen molar-refractivity contribution in [2.75, 3.05) is 0 Å². The molecule has 0 aliphatic rings. The molecule has 0 aromatic carbocycles. The van der Waals surface area contributed by atoms with Crippen LogP contribution in [-0.4, -0.2) is 14.5 Å². The Labute approximate surface area is 88.8 Å². The van der Waals surface area contributed by atoms with Gasteiger partial charge < -0.3 is 10.3 Å². The van der Waals surface area contributed by atoms with Gasteiger partial charge in [0.1, 0.15) is 5.82 Å². The molecule has 0 radical (unpaired) electrons. The Hall–Kier alpha value is -1.68. The van der Waals surface area contributed by atoms with Gasteiger partial charge in [-0.3, -0.25) is 4.98 Å². The zero-order valence-electron chi connectivity index (χ0n) is 8.94. The van der Waals surface area contributed by atoms with Crippen molar-refractivity contribution in [3.63, 3.8) is 0 Å². The number of hydrogen-bond acceptors (Lipinski definition) is 3. The van der Waals surface area contributed by atoms with Gasteiger partial charge in [-0.2, -0.15) is 0 Å². The molecular formula is C11H14N4. The fourth-order valence-corrected chi connectivity index (χ4v) is 1.62. The van der Waals surface area contributed by atoms with Crippen molar-refractivity contribution >= 4 is 0 Å². The minimum absolute atomic E-state index is 0.488. The van der Waals surface area contributed by atoms with Gasteiger partial charge >= 0.3 is 0 Å². The Bertz CT molecular complexity index is 459. The predicted octanol–water partition coefficient (Wildman–Crippen LogP) is 1.25. The summed E-state index contributed by atoms with van der Waals surface area (Å²) in [7, 11) is 1.98. The molecule has 2 N–H and O–H groups in total. The summed E-state index contributed by atoms with van der Waals surface area (Å²) in [4.78, 5) is 8.58. The predicted molar refractivity (Wildman–Crippen MR) is 59.1 cm³/mol. The highest BCUT2D eigenvalue weighted by molar-refractivity contribution is 5.61. The third kappa shape index (κ3) is 1.64. The summed E-state index contributed by atoms with van der Waals surface area (Å²) in [6.07, 6.45) is 3.56. The number of aromatic nitrogens is 3. The summed E-state index contributed by atoms with van der Waals surface area (Å²) < 4.78 is 2.02. The molecule has 2 heterocycles. The van der Waals surface area contributed by atoms with Crippen LogP contribution in [0.2, 0.25) is 0 Å². The lowest BCUT2D eigenvalue weighted by atomic mass is 10.2. The first-order chi connectivity index (χ1) is 7.24. The average Bonchev–Trinajstić information content (AvgIpc) is 2.56. The molecular weight excluding hydrogens is 188 g/mol. The Morgan fingerprint density at radius 1 is 1.47 bits per heavy atom. The summed E-state index contributed by atoms with van der Waals surface area (Å²) in [5.74, 6) is 0.967. The monoisotopic (exact) mass is 202 g/mol. The van der Waals surface area contributed by atoms with Gasteiger partial charge in [-0.15, -0.1) is 0 Å². The molecule has 2 aromatic heterocycles. The lowest BCUT2D eigenvalue weighted by Gasteiger charge is -2.02. The normalized spacial score (nSPS) is 10.6. The second-order valence-electron chi connectivity index (χ2n) is 3.46. The molecule has 15 heavy (non-hydrogen) atoms. The largest absolute Gasteiger partial charge is 0.334 e. The van der Waals surface area contributed by atoms with Crippen molar-refractivity contribution in [1.29, 1.82) is 0 Å². The van der Waals surface area contributed by atoms with E-state index in [-0.39, 0.29) is 0 Å². The number of rotatable bonds is 2. The summed E-state index contributed by atoms with van der Waals surface area (Å²) in [5.41, 5.74) is 8.71. The van der Waals surface area contributed by atoms with E-state index >= 15 is 0 Å². The summed E-state index contributed by atoms with van der Waals surface area (Å²) >= 11 is 0. The summed E-state index contributed by atoms with van der Waals surface area (Å²) in [6, 6.07) is 3.90. The third-order valence-corrected chi connectivity index (χ3v) is 2.57. The minimum Gasteiger partial charge on any atom is -0.334 e. The Balaban J connectivity index is 2.58. The molecule has 0 bridgehead atoms. The summed E-state index contributed by atoms with van der Waals surface area (Å²) in [6.45, 7) is 2.46. The van der Waals surface area contributed by atoms with Gasteiger partial charge in [0, 0.05) is 31.5 Å². The molecule has 0 saturated carbocycles. The van der Waals surface area contributed by atoms with E-state index < -0.39 is 0 Å². The van der Waals surface area contributed by atoms with Gasteiger partial charge in [0.2, 0.25) is 0 Å². The number of imidazole rings is 1. The van der Waals surface area contributed by atoms with Gasteiger partial charge in [-0.25, -0.2) is 4.98 Å². The van der Waals surface area contributed by atoms with Gasteiger partial charge in [-0.05, 0) is 19.1 Å². The zero-order valence-corrected chi connectivity index (χ0v) is 8.94. The number of nitrogens with zero attached hydrogens (tertiary/aromatic N) is 3. The van der Waals surface area contributed by atoms with E-state index in [1.807, 2.05) is 30.7 Å². The van der Waals surface area contributed by atoms with Crippen molar-refractivity contribution in [1.82, 2.24) is 14.5 Å². The lowest BCUT2D eigenvalue weighted by molar-refractivity contribution is 0.789. The molecule has 2 rings (SSSR count). The van der Waals surface area contributed by atoms with Crippen LogP contribution in [0.15, 0.2) is 24.5 Å². The number of pyridine rings is 1. The van der Waals surface area contributed by atoms with E-state index in [9.17, 15) is 0 Å². The minimum atomic E-state index is 0.488. The fourth-order valence-electron chi connectivity index (χ4n) is 1.62. The van der Waals surface area contributed by atoms with E-state index in [0.29, 0.717) is 6.54 Å². The van der Waals surface area contributed by atoms with Crippen molar-refractivity contribution < 1.29 is 0 Å². The fraction of sp³-hybridized carbons (Fsp3) is 0.273. The quantitative estimate of drug-likeness (QED) is 0.797. The standard InChI is InChI=1S/C11H14N4/c1-8-14-11(10(6-12)15(8)2)9-4-3-5-13-7-9/h3-5,7H,6,12H2,1-2H3. The molecule has 0 atom stereocenters. The van der Waals surface area contributed by atoms with Crippen LogP contribution < -0.4 is 5.73 Å². The number of nitrogens with two attached hydrogens (primary N) is 1. The molecule has 0 spiro atoms. The highest BCUT2D eigenvalue weighted by Crippen LogP contribution is 2.21. The van der Waals surface area contributed by atoms with Gasteiger partial charge in [-0.1, -0.05) is 0 Å². The molecule has 0 fully saturated rings. The molecule has 0 aliphatic carbocycles. The van der Waals surface area contributed by atoms with E-state index in [1.165, 1.54) is 0 Å². The van der Waals surface area contributed by atoms with E-state index in [1.54, 1.807) is 12.4 Å². The molecule has 0 aliphatic heterocycles. The van der Waals surface area contributed by atoms with Crippen LogP contribution in [0.4, 0.5) is 0 Å². The summed E-state index contributed by atoms with van der Waals surface area (Å²) in [5, 5.41) is 0. The van der Waals surface area contributed by atoms with Gasteiger partial charge in [0.15, 0.2) is 0 Å². The van der Waals surface area contributed by atoms with E-state index in [4.69, 9.17) is 5.73 Å². The second kappa shape index (κ2) is 3.82. The van der Waals surface area contributed by atoms with Crippen LogP contribution >= 0.6 is 0 Å². The molecule has 0 amide bonds. The number of aryl methyl sites for hydroxylation is 1. The Morgan fingerprint density at radius 3 is 2.87 bits per heavy atom. The Kier molecular flexibility index (Phi) is 2.51. The van der Waals surface area contributed by atoms with E-state index in [0.717, 1.165) is 22.8 Å².